The first kappa shape index (κ1) is 13.8. The molecular formula is C13H17ClN4O. The number of hydrogen-bond donors (Lipinski definition) is 2. The number of halogens is 1. The standard InChI is InChI=1S/C13H17ClN4O/c1-3-15-8-12-17-18-13(19-12)16-9(2)10-6-4-5-7-11(10)14/h4-7,9,15H,3,8H2,1-2H3,(H,16,18). The van der Waals surface area contributed by atoms with Gasteiger partial charge in [0.15, 0.2) is 0 Å². The third-order valence-electron chi connectivity index (χ3n) is 2.70. The van der Waals surface area contributed by atoms with Crippen LogP contribution in [-0.4, -0.2) is 16.7 Å². The van der Waals surface area contributed by atoms with Crippen LogP contribution in [0.5, 0.6) is 0 Å². The van der Waals surface area contributed by atoms with Gasteiger partial charge in [0.05, 0.1) is 12.6 Å². The molecule has 0 fully saturated rings. The first-order chi connectivity index (χ1) is 9.20. The Morgan fingerprint density at radius 2 is 2.11 bits per heavy atom. The van der Waals surface area contributed by atoms with E-state index in [-0.39, 0.29) is 6.04 Å². The van der Waals surface area contributed by atoms with E-state index in [0.29, 0.717) is 18.5 Å². The maximum atomic E-state index is 6.14. The normalized spacial score (nSPS) is 12.4. The van der Waals surface area contributed by atoms with Crippen molar-refractivity contribution in [1.82, 2.24) is 15.5 Å². The van der Waals surface area contributed by atoms with Crippen LogP contribution < -0.4 is 10.6 Å². The van der Waals surface area contributed by atoms with Crippen LogP contribution >= 0.6 is 11.6 Å². The van der Waals surface area contributed by atoms with E-state index in [1.165, 1.54) is 0 Å². The van der Waals surface area contributed by atoms with Crippen LogP contribution in [-0.2, 0) is 6.54 Å². The second-order valence-electron chi connectivity index (χ2n) is 4.17. The van der Waals surface area contributed by atoms with Gasteiger partial charge in [-0.05, 0) is 25.1 Å². The van der Waals surface area contributed by atoms with E-state index in [0.717, 1.165) is 17.1 Å². The number of anilines is 1. The summed E-state index contributed by atoms with van der Waals surface area (Å²) >= 11 is 6.14. The van der Waals surface area contributed by atoms with Gasteiger partial charge in [0, 0.05) is 5.02 Å². The monoisotopic (exact) mass is 280 g/mol. The lowest BCUT2D eigenvalue weighted by atomic mass is 10.1. The van der Waals surface area contributed by atoms with Gasteiger partial charge in [-0.2, -0.15) is 0 Å². The molecule has 1 unspecified atom stereocenters. The molecule has 2 aromatic rings. The van der Waals surface area contributed by atoms with E-state index in [2.05, 4.69) is 20.8 Å². The highest BCUT2D eigenvalue weighted by molar-refractivity contribution is 6.31. The maximum Gasteiger partial charge on any atom is 0.315 e. The Morgan fingerprint density at radius 1 is 1.32 bits per heavy atom. The third-order valence-corrected chi connectivity index (χ3v) is 3.05. The number of hydrogen-bond acceptors (Lipinski definition) is 5. The van der Waals surface area contributed by atoms with E-state index in [4.69, 9.17) is 16.0 Å². The van der Waals surface area contributed by atoms with Crippen molar-refractivity contribution in [3.8, 4) is 0 Å². The molecule has 0 radical (unpaired) electrons. The van der Waals surface area contributed by atoms with Gasteiger partial charge in [-0.1, -0.05) is 41.8 Å². The molecule has 102 valence electrons. The Kier molecular flexibility index (Phi) is 4.76. The average Bonchev–Trinajstić information content (AvgIpc) is 2.84. The van der Waals surface area contributed by atoms with Crippen LogP contribution in [0.3, 0.4) is 0 Å². The van der Waals surface area contributed by atoms with Crippen molar-refractivity contribution in [1.29, 1.82) is 0 Å². The summed E-state index contributed by atoms with van der Waals surface area (Å²) in [6.45, 7) is 5.46. The molecule has 19 heavy (non-hydrogen) atoms. The summed E-state index contributed by atoms with van der Waals surface area (Å²) in [5, 5.41) is 14.9. The Morgan fingerprint density at radius 3 is 2.84 bits per heavy atom. The fourth-order valence-electron chi connectivity index (χ4n) is 1.70. The molecular weight excluding hydrogens is 264 g/mol. The van der Waals surface area contributed by atoms with Crippen molar-refractivity contribution in [3.63, 3.8) is 0 Å². The Bertz CT molecular complexity index is 529. The van der Waals surface area contributed by atoms with Gasteiger partial charge in [-0.25, -0.2) is 0 Å². The molecule has 0 aliphatic heterocycles. The minimum absolute atomic E-state index is 0.00105. The summed E-state index contributed by atoms with van der Waals surface area (Å²) in [6, 6.07) is 8.08. The number of benzene rings is 1. The lowest BCUT2D eigenvalue weighted by Gasteiger charge is -2.13. The zero-order valence-electron chi connectivity index (χ0n) is 11.0. The van der Waals surface area contributed by atoms with E-state index < -0.39 is 0 Å². The predicted octanol–water partition coefficient (Wildman–Crippen LogP) is 3.01. The largest absolute Gasteiger partial charge is 0.407 e. The van der Waals surface area contributed by atoms with Gasteiger partial charge in [-0.15, -0.1) is 5.10 Å². The smallest absolute Gasteiger partial charge is 0.315 e. The molecule has 0 bridgehead atoms. The van der Waals surface area contributed by atoms with Crippen molar-refractivity contribution >= 4 is 17.6 Å². The average molecular weight is 281 g/mol. The van der Waals surface area contributed by atoms with Gasteiger partial charge in [0.2, 0.25) is 5.89 Å². The lowest BCUT2D eigenvalue weighted by molar-refractivity contribution is 0.478. The van der Waals surface area contributed by atoms with Crippen molar-refractivity contribution in [2.75, 3.05) is 11.9 Å². The van der Waals surface area contributed by atoms with Gasteiger partial charge in [0.25, 0.3) is 0 Å². The second kappa shape index (κ2) is 6.54. The molecule has 0 amide bonds. The van der Waals surface area contributed by atoms with Crippen LogP contribution in [0.2, 0.25) is 5.02 Å². The second-order valence-corrected chi connectivity index (χ2v) is 4.58. The fourth-order valence-corrected chi connectivity index (χ4v) is 2.00. The molecule has 1 aromatic carbocycles. The highest BCUT2D eigenvalue weighted by Crippen LogP contribution is 2.25. The van der Waals surface area contributed by atoms with Crippen molar-refractivity contribution in [2.45, 2.75) is 26.4 Å². The molecule has 0 aliphatic carbocycles. The van der Waals surface area contributed by atoms with Crippen LogP contribution in [0.25, 0.3) is 0 Å². The SMILES string of the molecule is CCNCc1nnc(NC(C)c2ccccc2Cl)o1. The molecule has 0 saturated carbocycles. The number of aromatic nitrogens is 2. The molecule has 2 rings (SSSR count). The summed E-state index contributed by atoms with van der Waals surface area (Å²) in [4.78, 5) is 0. The minimum Gasteiger partial charge on any atom is -0.407 e. The topological polar surface area (TPSA) is 63.0 Å². The number of rotatable bonds is 6. The van der Waals surface area contributed by atoms with Gasteiger partial charge in [-0.3, -0.25) is 0 Å². The number of nitrogens with zero attached hydrogens (tertiary/aromatic N) is 2. The van der Waals surface area contributed by atoms with Crippen LogP contribution in [0, 0.1) is 0 Å². The molecule has 0 spiro atoms. The molecule has 5 nitrogen and oxygen atoms in total. The van der Waals surface area contributed by atoms with Crippen molar-refractivity contribution in [3.05, 3.63) is 40.7 Å². The van der Waals surface area contributed by atoms with Gasteiger partial charge in [0.1, 0.15) is 0 Å². The highest BCUT2D eigenvalue weighted by Gasteiger charge is 2.12. The van der Waals surface area contributed by atoms with Crippen molar-refractivity contribution in [2.24, 2.45) is 0 Å². The van der Waals surface area contributed by atoms with Gasteiger partial charge >= 0.3 is 6.01 Å². The van der Waals surface area contributed by atoms with E-state index in [1.54, 1.807) is 0 Å². The summed E-state index contributed by atoms with van der Waals surface area (Å²) < 4.78 is 5.48. The molecule has 0 aliphatic rings. The summed E-state index contributed by atoms with van der Waals surface area (Å²) in [7, 11) is 0. The molecule has 0 saturated heterocycles. The van der Waals surface area contributed by atoms with E-state index >= 15 is 0 Å². The van der Waals surface area contributed by atoms with Crippen molar-refractivity contribution < 1.29 is 4.42 Å². The fraction of sp³-hybridized carbons (Fsp3) is 0.385. The maximum absolute atomic E-state index is 6.14. The zero-order valence-corrected chi connectivity index (χ0v) is 11.7. The summed E-state index contributed by atoms with van der Waals surface area (Å²) in [5.74, 6) is 0.565. The Labute approximate surface area is 117 Å². The number of nitrogens with one attached hydrogen (secondary N) is 2. The van der Waals surface area contributed by atoms with E-state index in [1.807, 2.05) is 38.1 Å². The van der Waals surface area contributed by atoms with Crippen LogP contribution in [0.1, 0.15) is 31.3 Å². The Balaban J connectivity index is 2.01. The summed E-state index contributed by atoms with van der Waals surface area (Å²) in [6.07, 6.45) is 0. The Hall–Kier alpha value is -1.59. The van der Waals surface area contributed by atoms with Crippen LogP contribution in [0.15, 0.2) is 28.7 Å². The molecule has 1 atom stereocenters. The summed E-state index contributed by atoms with van der Waals surface area (Å²) in [5.41, 5.74) is 0.996. The van der Waals surface area contributed by atoms with E-state index in [9.17, 15) is 0 Å². The minimum atomic E-state index is 0.00105. The third kappa shape index (κ3) is 3.68. The quantitative estimate of drug-likeness (QED) is 0.852. The first-order valence-corrected chi connectivity index (χ1v) is 6.62. The molecule has 1 heterocycles. The zero-order chi connectivity index (χ0) is 13.7. The molecule has 1 aromatic heterocycles. The first-order valence-electron chi connectivity index (χ1n) is 6.24. The lowest BCUT2D eigenvalue weighted by Crippen LogP contribution is -2.11. The predicted molar refractivity (Wildman–Crippen MR) is 75.2 cm³/mol. The highest BCUT2D eigenvalue weighted by atomic mass is 35.5. The van der Waals surface area contributed by atoms with Gasteiger partial charge < -0.3 is 15.1 Å². The molecule has 6 heteroatoms. The van der Waals surface area contributed by atoms with Crippen LogP contribution in [0.4, 0.5) is 6.01 Å². The molecule has 2 N–H and O–H groups in total.